The lowest BCUT2D eigenvalue weighted by Crippen LogP contribution is -2.53. The highest BCUT2D eigenvalue weighted by Gasteiger charge is 2.33. The summed E-state index contributed by atoms with van der Waals surface area (Å²) in [5.41, 5.74) is 2.21. The lowest BCUT2D eigenvalue weighted by Gasteiger charge is -2.33. The van der Waals surface area contributed by atoms with Gasteiger partial charge in [0.1, 0.15) is 12.6 Å². The molecule has 0 saturated heterocycles. The Morgan fingerprint density at radius 1 is 0.881 bits per heavy atom. The highest BCUT2D eigenvalue weighted by Crippen LogP contribution is 2.27. The second-order valence-electron chi connectivity index (χ2n) is 11.2. The van der Waals surface area contributed by atoms with Crippen molar-refractivity contribution in [1.82, 2.24) is 10.2 Å². The van der Waals surface area contributed by atoms with Gasteiger partial charge in [-0.2, -0.15) is 0 Å². The third kappa shape index (κ3) is 7.92. The van der Waals surface area contributed by atoms with Crippen LogP contribution in [0.25, 0.3) is 0 Å². The smallest absolute Gasteiger partial charge is 0.264 e. The van der Waals surface area contributed by atoms with Gasteiger partial charge in [-0.25, -0.2) is 8.42 Å². The summed E-state index contributed by atoms with van der Waals surface area (Å²) in [5, 5.41) is 3.68. The van der Waals surface area contributed by atoms with E-state index in [4.69, 9.17) is 11.6 Å². The Balaban J connectivity index is 1.67. The molecule has 3 aromatic carbocycles. The van der Waals surface area contributed by atoms with E-state index in [0.29, 0.717) is 10.7 Å². The van der Waals surface area contributed by atoms with Crippen molar-refractivity contribution in [3.05, 3.63) is 95.0 Å². The Morgan fingerprint density at radius 3 is 2.10 bits per heavy atom. The van der Waals surface area contributed by atoms with E-state index in [1.165, 1.54) is 17.0 Å². The zero-order chi connectivity index (χ0) is 30.3. The molecule has 0 bridgehead atoms. The molecule has 1 aliphatic rings. The number of anilines is 1. The van der Waals surface area contributed by atoms with Crippen LogP contribution in [0, 0.1) is 0 Å². The molecular weight excluding hydrogens is 570 g/mol. The number of benzene rings is 3. The van der Waals surface area contributed by atoms with E-state index in [0.717, 1.165) is 47.5 Å². The third-order valence-electron chi connectivity index (χ3n) is 7.84. The van der Waals surface area contributed by atoms with Gasteiger partial charge in [0.05, 0.1) is 10.6 Å². The third-order valence-corrected chi connectivity index (χ3v) is 9.88. The minimum Gasteiger partial charge on any atom is -0.352 e. The fraction of sp³-hybridized carbons (Fsp3) is 0.394. The van der Waals surface area contributed by atoms with Crippen LogP contribution >= 0.6 is 11.6 Å². The second kappa shape index (κ2) is 14.2. The van der Waals surface area contributed by atoms with E-state index in [2.05, 4.69) is 19.2 Å². The quantitative estimate of drug-likeness (QED) is 0.268. The summed E-state index contributed by atoms with van der Waals surface area (Å²) in [4.78, 5) is 29.1. The summed E-state index contributed by atoms with van der Waals surface area (Å²) < 4.78 is 29.0. The average molecular weight is 610 g/mol. The van der Waals surface area contributed by atoms with Crippen molar-refractivity contribution < 1.29 is 18.0 Å². The predicted octanol–water partition coefficient (Wildman–Crippen LogP) is 6.52. The maximum Gasteiger partial charge on any atom is 0.264 e. The van der Waals surface area contributed by atoms with E-state index in [1.54, 1.807) is 61.5 Å². The van der Waals surface area contributed by atoms with Crippen LogP contribution in [0.1, 0.15) is 69.9 Å². The first-order valence-electron chi connectivity index (χ1n) is 14.6. The molecular formula is C33H40ClN3O4S. The molecule has 42 heavy (non-hydrogen) atoms. The predicted molar refractivity (Wildman–Crippen MR) is 168 cm³/mol. The van der Waals surface area contributed by atoms with Crippen LogP contribution in [0.3, 0.4) is 0 Å². The maximum absolute atomic E-state index is 14.1. The molecule has 9 heteroatoms. The number of carbonyl (C=O) groups is 2. The molecule has 1 N–H and O–H groups in total. The molecule has 3 aromatic rings. The summed E-state index contributed by atoms with van der Waals surface area (Å²) in [5.74, 6) is -0.468. The van der Waals surface area contributed by atoms with Gasteiger partial charge in [0.25, 0.3) is 10.0 Å². The van der Waals surface area contributed by atoms with Crippen molar-refractivity contribution in [2.24, 2.45) is 0 Å². The second-order valence-corrected chi connectivity index (χ2v) is 13.5. The molecule has 0 spiro atoms. The Hall–Kier alpha value is -3.36. The van der Waals surface area contributed by atoms with Crippen molar-refractivity contribution in [2.45, 2.75) is 82.3 Å². The molecule has 0 heterocycles. The zero-order valence-corrected chi connectivity index (χ0v) is 26.1. The maximum atomic E-state index is 14.1. The van der Waals surface area contributed by atoms with Gasteiger partial charge in [0, 0.05) is 17.6 Å². The van der Waals surface area contributed by atoms with Gasteiger partial charge in [-0.15, -0.1) is 0 Å². The van der Waals surface area contributed by atoms with Crippen LogP contribution in [-0.2, 0) is 26.2 Å². The van der Waals surface area contributed by atoms with Gasteiger partial charge in [-0.1, -0.05) is 87.2 Å². The molecule has 0 aliphatic heterocycles. The Bertz CT molecular complexity index is 1440. The number of amides is 2. The monoisotopic (exact) mass is 609 g/mol. The fourth-order valence-corrected chi connectivity index (χ4v) is 6.77. The molecule has 4 rings (SSSR count). The molecule has 224 valence electrons. The van der Waals surface area contributed by atoms with Gasteiger partial charge < -0.3 is 10.2 Å². The van der Waals surface area contributed by atoms with Crippen LogP contribution in [0.15, 0.2) is 83.8 Å². The van der Waals surface area contributed by atoms with Gasteiger partial charge in [0.2, 0.25) is 11.8 Å². The number of carbonyl (C=O) groups excluding carboxylic acids is 2. The first-order valence-corrected chi connectivity index (χ1v) is 16.4. The van der Waals surface area contributed by atoms with E-state index < -0.39 is 28.5 Å². The minimum atomic E-state index is -4.10. The fourth-order valence-electron chi connectivity index (χ4n) is 5.21. The van der Waals surface area contributed by atoms with Gasteiger partial charge in [-0.05, 0) is 73.2 Å². The van der Waals surface area contributed by atoms with Crippen LogP contribution in [0.4, 0.5) is 5.69 Å². The highest BCUT2D eigenvalue weighted by molar-refractivity contribution is 7.92. The van der Waals surface area contributed by atoms with Crippen molar-refractivity contribution in [1.29, 1.82) is 0 Å². The highest BCUT2D eigenvalue weighted by atomic mass is 35.5. The number of rotatable bonds is 11. The van der Waals surface area contributed by atoms with Crippen molar-refractivity contribution in [3.8, 4) is 0 Å². The van der Waals surface area contributed by atoms with E-state index in [9.17, 15) is 18.0 Å². The summed E-state index contributed by atoms with van der Waals surface area (Å²) in [6, 6.07) is 21.6. The molecule has 0 aromatic heterocycles. The van der Waals surface area contributed by atoms with Crippen molar-refractivity contribution in [3.63, 3.8) is 0 Å². The summed E-state index contributed by atoms with van der Waals surface area (Å²) in [6.45, 7) is 5.48. The van der Waals surface area contributed by atoms with E-state index >= 15 is 0 Å². The Morgan fingerprint density at radius 2 is 1.50 bits per heavy atom. The minimum absolute atomic E-state index is 0.0793. The van der Waals surface area contributed by atoms with Gasteiger partial charge >= 0.3 is 0 Å². The van der Waals surface area contributed by atoms with Crippen LogP contribution in [0.2, 0.25) is 5.02 Å². The zero-order valence-electron chi connectivity index (χ0n) is 24.5. The molecule has 7 nitrogen and oxygen atoms in total. The molecule has 0 radical (unpaired) electrons. The Kier molecular flexibility index (Phi) is 10.7. The van der Waals surface area contributed by atoms with Crippen molar-refractivity contribution in [2.75, 3.05) is 10.8 Å². The van der Waals surface area contributed by atoms with Crippen LogP contribution in [-0.4, -0.2) is 43.8 Å². The lowest BCUT2D eigenvalue weighted by molar-refractivity contribution is -0.139. The van der Waals surface area contributed by atoms with Crippen molar-refractivity contribution >= 4 is 39.1 Å². The molecule has 1 saturated carbocycles. The lowest BCUT2D eigenvalue weighted by atomic mass is 9.95. The number of nitrogens with one attached hydrogen (secondary N) is 1. The first kappa shape index (κ1) is 31.6. The van der Waals surface area contributed by atoms with Crippen LogP contribution in [0.5, 0.6) is 0 Å². The summed E-state index contributed by atoms with van der Waals surface area (Å²) in [6.07, 6.45) is 5.12. The van der Waals surface area contributed by atoms with E-state index in [-0.39, 0.29) is 29.3 Å². The number of halogens is 1. The molecule has 1 unspecified atom stereocenters. The average Bonchev–Trinajstić information content (AvgIpc) is 3.00. The molecule has 2 amide bonds. The topological polar surface area (TPSA) is 86.8 Å². The molecule has 1 aliphatic carbocycles. The largest absolute Gasteiger partial charge is 0.352 e. The van der Waals surface area contributed by atoms with Gasteiger partial charge in [-0.3, -0.25) is 13.9 Å². The van der Waals surface area contributed by atoms with Crippen LogP contribution < -0.4 is 9.62 Å². The number of hydrogen-bond acceptors (Lipinski definition) is 4. The number of hydrogen-bond donors (Lipinski definition) is 1. The number of nitrogens with zero attached hydrogens (tertiary/aromatic N) is 2. The SMILES string of the molecule is CC(C)c1ccc(N(CC(=O)N(Cc2ccc(Cl)cc2)C(C)C(=O)NC2CCCCC2)S(=O)(=O)c2ccccc2)cc1. The standard InChI is InChI=1S/C33H40ClN3O4S/c1-24(2)27-16-20-30(21-17-27)37(42(40,41)31-12-8-5-9-13-31)23-32(38)36(22-26-14-18-28(34)19-15-26)25(3)33(39)35-29-10-6-4-7-11-29/h5,8-9,12-21,24-25,29H,4,6-7,10-11,22-23H2,1-3H3,(H,35,39). The summed E-state index contributed by atoms with van der Waals surface area (Å²) >= 11 is 6.09. The van der Waals surface area contributed by atoms with E-state index in [1.807, 2.05) is 12.1 Å². The molecule has 1 atom stereocenters. The number of sulfonamides is 1. The first-order chi connectivity index (χ1) is 20.1. The normalized spacial score (nSPS) is 14.8. The Labute approximate surface area is 254 Å². The summed E-state index contributed by atoms with van der Waals surface area (Å²) in [7, 11) is -4.10. The molecule has 1 fully saturated rings. The van der Waals surface area contributed by atoms with Gasteiger partial charge in [0.15, 0.2) is 0 Å².